The zero-order valence-corrected chi connectivity index (χ0v) is 21.7. The predicted molar refractivity (Wildman–Crippen MR) is 144 cm³/mol. The second-order valence-electron chi connectivity index (χ2n) is 9.27. The maximum absolute atomic E-state index is 13.9. The van der Waals surface area contributed by atoms with Crippen LogP contribution < -0.4 is 4.90 Å². The Morgan fingerprint density at radius 3 is 2.56 bits per heavy atom. The summed E-state index contributed by atoms with van der Waals surface area (Å²) in [6, 6.07) is 12.5. The van der Waals surface area contributed by atoms with Gasteiger partial charge < -0.3 is 5.11 Å². The lowest BCUT2D eigenvalue weighted by Crippen LogP contribution is -2.42. The van der Waals surface area contributed by atoms with Crippen molar-refractivity contribution >= 4 is 50.8 Å². The number of anilines is 1. The molecule has 6 nitrogen and oxygen atoms in total. The Kier molecular flexibility index (Phi) is 7.23. The molecule has 4 aromatic rings. The fourth-order valence-corrected chi connectivity index (χ4v) is 6.07. The van der Waals surface area contributed by atoms with Crippen LogP contribution in [0.15, 0.2) is 54.0 Å². The maximum atomic E-state index is 13.9. The van der Waals surface area contributed by atoms with E-state index < -0.39 is 0 Å². The van der Waals surface area contributed by atoms with Crippen molar-refractivity contribution in [1.82, 2.24) is 9.55 Å². The van der Waals surface area contributed by atoms with Crippen molar-refractivity contribution in [3.05, 3.63) is 81.4 Å². The van der Waals surface area contributed by atoms with Gasteiger partial charge in [0.2, 0.25) is 5.91 Å². The third-order valence-corrected chi connectivity index (χ3v) is 8.06. The Morgan fingerprint density at radius 2 is 1.89 bits per heavy atom. The van der Waals surface area contributed by atoms with E-state index in [0.717, 1.165) is 53.0 Å². The number of halogens is 1. The van der Waals surface area contributed by atoms with Crippen LogP contribution in [0.25, 0.3) is 10.9 Å². The van der Waals surface area contributed by atoms with Gasteiger partial charge in [0.15, 0.2) is 5.13 Å². The monoisotopic (exact) mass is 521 g/mol. The van der Waals surface area contributed by atoms with Crippen molar-refractivity contribution in [2.45, 2.75) is 58.1 Å². The largest absolute Gasteiger partial charge is 0.392 e. The van der Waals surface area contributed by atoms with Crippen LogP contribution in [0.3, 0.4) is 0 Å². The molecule has 0 aliphatic heterocycles. The van der Waals surface area contributed by atoms with Crippen LogP contribution >= 0.6 is 22.9 Å². The number of carbonyl (C=O) groups excluding carboxylic acids is 2. The van der Waals surface area contributed by atoms with Gasteiger partial charge in [0, 0.05) is 39.3 Å². The first-order chi connectivity index (χ1) is 17.5. The van der Waals surface area contributed by atoms with Crippen molar-refractivity contribution in [2.24, 2.45) is 0 Å². The topological polar surface area (TPSA) is 75.4 Å². The third kappa shape index (κ3) is 4.71. The Balaban J connectivity index is 1.58. The van der Waals surface area contributed by atoms with Crippen LogP contribution in [-0.4, -0.2) is 32.5 Å². The van der Waals surface area contributed by atoms with Gasteiger partial charge in [0.1, 0.15) is 0 Å². The Hall–Kier alpha value is -3.00. The number of aliphatic hydroxyl groups excluding tert-OH is 1. The fourth-order valence-electron chi connectivity index (χ4n) is 5.21. The highest BCUT2D eigenvalue weighted by Crippen LogP contribution is 2.33. The highest BCUT2D eigenvalue weighted by Gasteiger charge is 2.30. The molecule has 2 aromatic carbocycles. The first-order valence-electron chi connectivity index (χ1n) is 12.2. The molecule has 0 saturated heterocycles. The van der Waals surface area contributed by atoms with Crippen molar-refractivity contribution < 1.29 is 14.7 Å². The van der Waals surface area contributed by atoms with Crippen LogP contribution in [0.4, 0.5) is 5.13 Å². The molecule has 0 atom stereocenters. The molecule has 1 N–H and O–H groups in total. The zero-order chi connectivity index (χ0) is 25.2. The molecule has 36 heavy (non-hydrogen) atoms. The number of hydrogen-bond donors (Lipinski definition) is 1. The molecule has 1 amide bonds. The molecule has 1 aliphatic carbocycles. The van der Waals surface area contributed by atoms with E-state index in [0.29, 0.717) is 16.1 Å². The molecule has 0 bridgehead atoms. The predicted octanol–water partition coefficient (Wildman–Crippen LogP) is 6.15. The normalized spacial score (nSPS) is 14.3. The molecule has 2 aromatic heterocycles. The van der Waals surface area contributed by atoms with E-state index in [1.807, 2.05) is 35.4 Å². The second-order valence-corrected chi connectivity index (χ2v) is 10.6. The Morgan fingerprint density at radius 1 is 1.14 bits per heavy atom. The van der Waals surface area contributed by atoms with Gasteiger partial charge in [-0.3, -0.25) is 19.1 Å². The maximum Gasteiger partial charge on any atom is 0.262 e. The number of carbonyl (C=O) groups is 2. The zero-order valence-electron chi connectivity index (χ0n) is 20.1. The summed E-state index contributed by atoms with van der Waals surface area (Å²) in [6.45, 7) is 1.76. The van der Waals surface area contributed by atoms with Gasteiger partial charge >= 0.3 is 0 Å². The van der Waals surface area contributed by atoms with E-state index >= 15 is 0 Å². The number of fused-ring (bicyclic) bond motifs is 1. The summed E-state index contributed by atoms with van der Waals surface area (Å²) < 4.78 is 1.66. The van der Waals surface area contributed by atoms with E-state index in [-0.39, 0.29) is 30.9 Å². The molecular weight excluding hydrogens is 494 g/mol. The average molecular weight is 522 g/mol. The number of thiazole rings is 1. The molecule has 5 rings (SSSR count). The van der Waals surface area contributed by atoms with Crippen molar-refractivity contribution in [2.75, 3.05) is 4.90 Å². The van der Waals surface area contributed by atoms with E-state index in [9.17, 15) is 14.7 Å². The summed E-state index contributed by atoms with van der Waals surface area (Å²) in [5.74, 6) is -0.207. The Labute approximate surface area is 219 Å². The third-order valence-electron chi connectivity index (χ3n) is 7.04. The summed E-state index contributed by atoms with van der Waals surface area (Å²) in [4.78, 5) is 33.8. The van der Waals surface area contributed by atoms with Gasteiger partial charge in [0.25, 0.3) is 5.91 Å². The van der Waals surface area contributed by atoms with Crippen LogP contribution in [-0.2, 0) is 17.8 Å². The first-order valence-corrected chi connectivity index (χ1v) is 13.5. The van der Waals surface area contributed by atoms with Crippen LogP contribution in [0, 0.1) is 6.92 Å². The molecule has 0 spiro atoms. The highest BCUT2D eigenvalue weighted by atomic mass is 35.5. The lowest BCUT2D eigenvalue weighted by Gasteiger charge is -2.32. The summed E-state index contributed by atoms with van der Waals surface area (Å²) in [6.07, 6.45) is 7.22. The lowest BCUT2D eigenvalue weighted by molar-refractivity contribution is -0.118. The van der Waals surface area contributed by atoms with Gasteiger partial charge in [-0.15, -0.1) is 11.3 Å². The van der Waals surface area contributed by atoms with Crippen molar-refractivity contribution in [3.8, 4) is 0 Å². The van der Waals surface area contributed by atoms with E-state index in [2.05, 4.69) is 4.98 Å². The molecule has 0 radical (unpaired) electrons. The number of hydrogen-bond acceptors (Lipinski definition) is 5. The molecule has 186 valence electrons. The molecule has 1 aliphatic rings. The van der Waals surface area contributed by atoms with Gasteiger partial charge in [-0.25, -0.2) is 4.98 Å². The van der Waals surface area contributed by atoms with E-state index in [1.165, 1.54) is 17.8 Å². The molecule has 1 saturated carbocycles. The van der Waals surface area contributed by atoms with Gasteiger partial charge in [0.05, 0.1) is 18.5 Å². The van der Waals surface area contributed by atoms with Gasteiger partial charge in [-0.1, -0.05) is 36.9 Å². The number of amides is 1. The summed E-state index contributed by atoms with van der Waals surface area (Å²) in [5.41, 5.74) is 3.47. The Bertz CT molecular complexity index is 1390. The van der Waals surface area contributed by atoms with Crippen LogP contribution in [0.5, 0.6) is 0 Å². The molecule has 8 heteroatoms. The quantitative estimate of drug-likeness (QED) is 0.330. The van der Waals surface area contributed by atoms with Gasteiger partial charge in [-0.2, -0.15) is 0 Å². The van der Waals surface area contributed by atoms with E-state index in [1.54, 1.807) is 35.0 Å². The highest BCUT2D eigenvalue weighted by molar-refractivity contribution is 7.13. The van der Waals surface area contributed by atoms with Gasteiger partial charge in [-0.05, 0) is 67.3 Å². The van der Waals surface area contributed by atoms with Crippen molar-refractivity contribution in [3.63, 3.8) is 0 Å². The lowest BCUT2D eigenvalue weighted by atomic mass is 9.94. The minimum atomic E-state index is -0.186. The minimum absolute atomic E-state index is 0.0210. The number of nitrogens with zero attached hydrogens (tertiary/aromatic N) is 3. The second kappa shape index (κ2) is 10.5. The number of aromatic nitrogens is 2. The fraction of sp³-hybridized carbons (Fsp3) is 0.321. The summed E-state index contributed by atoms with van der Waals surface area (Å²) in [7, 11) is 0. The first kappa shape index (κ1) is 24.7. The smallest absolute Gasteiger partial charge is 0.262 e. The van der Waals surface area contributed by atoms with Crippen molar-refractivity contribution in [1.29, 1.82) is 0 Å². The minimum Gasteiger partial charge on any atom is -0.392 e. The molecule has 1 fully saturated rings. The SMILES string of the molecule is Cc1c(CC(=O)N(c2nccs2)C2CCCCC2)c2cc(CO)ccc2n1C(=O)c1ccc(Cl)cc1. The van der Waals surface area contributed by atoms with E-state index in [4.69, 9.17) is 11.6 Å². The number of benzene rings is 2. The number of aliphatic hydroxyl groups is 1. The molecular formula is C28H28ClN3O3S. The summed E-state index contributed by atoms with van der Waals surface area (Å²) >= 11 is 7.51. The van der Waals surface area contributed by atoms with Crippen LogP contribution in [0.1, 0.15) is 59.3 Å². The number of rotatable bonds is 6. The molecule has 2 heterocycles. The average Bonchev–Trinajstić information content (AvgIpc) is 3.51. The molecule has 0 unspecified atom stereocenters. The summed E-state index contributed by atoms with van der Waals surface area (Å²) in [5, 5.41) is 13.8. The standard InChI is InChI=1S/C28H28ClN3O3S/c1-18-23(16-26(34)32(28-30-13-14-36-28)22-5-3-2-4-6-22)24-15-19(17-33)7-12-25(24)31(18)27(35)20-8-10-21(29)11-9-20/h7-15,22,33H,2-6,16-17H2,1H3. The van der Waals surface area contributed by atoms with Crippen LogP contribution in [0.2, 0.25) is 5.02 Å².